The van der Waals surface area contributed by atoms with Gasteiger partial charge in [0.15, 0.2) is 0 Å². The van der Waals surface area contributed by atoms with E-state index in [2.05, 4.69) is 22.4 Å². The van der Waals surface area contributed by atoms with Gasteiger partial charge >= 0.3 is 6.18 Å². The summed E-state index contributed by atoms with van der Waals surface area (Å²) in [5.41, 5.74) is 2.15. The summed E-state index contributed by atoms with van der Waals surface area (Å²) >= 11 is 0. The van der Waals surface area contributed by atoms with Crippen LogP contribution in [0.4, 0.5) is 13.2 Å². The highest BCUT2D eigenvalue weighted by Gasteiger charge is 2.29. The molecule has 0 radical (unpaired) electrons. The van der Waals surface area contributed by atoms with E-state index in [1.54, 1.807) is 0 Å². The van der Waals surface area contributed by atoms with Crippen LogP contribution in [0.15, 0.2) is 53.1 Å². The lowest BCUT2D eigenvalue weighted by atomic mass is 10.1. The quantitative estimate of drug-likeness (QED) is 0.220. The molecule has 0 bridgehead atoms. The van der Waals surface area contributed by atoms with Crippen molar-refractivity contribution in [2.75, 3.05) is 0 Å². The molecule has 0 fully saturated rings. The van der Waals surface area contributed by atoms with E-state index in [1.165, 1.54) is 63.5 Å². The summed E-state index contributed by atoms with van der Waals surface area (Å²) in [5.74, 6) is 1.28. The van der Waals surface area contributed by atoms with Gasteiger partial charge < -0.3 is 9.84 Å². The maximum atomic E-state index is 12.7. The molecule has 0 aliphatic heterocycles. The molecule has 2 aromatic carbocycles. The lowest BCUT2D eigenvalue weighted by molar-refractivity contribution is -0.137. The number of benzene rings is 2. The molecular weight excluding hydrogens is 451 g/mol. The summed E-state index contributed by atoms with van der Waals surface area (Å²) in [6, 6.07) is 13.1. The Bertz CT molecular complexity index is 982. The van der Waals surface area contributed by atoms with Crippen LogP contribution < -0.4 is 5.32 Å². The SMILES string of the molecule is CCCCCCCCCCCc1nc(-c2ccc(CNCc3ccc(C(F)(F)F)cc3)cc2)no1. The summed E-state index contributed by atoms with van der Waals surface area (Å²) in [5, 5.41) is 7.38. The van der Waals surface area contributed by atoms with Crippen LogP contribution in [0.5, 0.6) is 0 Å². The van der Waals surface area contributed by atoms with Gasteiger partial charge in [0.1, 0.15) is 0 Å². The lowest BCUT2D eigenvalue weighted by Gasteiger charge is -2.09. The topological polar surface area (TPSA) is 51.0 Å². The molecule has 0 spiro atoms. The highest BCUT2D eigenvalue weighted by molar-refractivity contribution is 5.54. The number of unbranched alkanes of at least 4 members (excludes halogenated alkanes) is 8. The zero-order chi connectivity index (χ0) is 24.9. The Morgan fingerprint density at radius 1 is 0.743 bits per heavy atom. The number of hydrogen-bond donors (Lipinski definition) is 1. The molecule has 4 nitrogen and oxygen atoms in total. The summed E-state index contributed by atoms with van der Waals surface area (Å²) in [6.07, 6.45) is 8.05. The monoisotopic (exact) mass is 487 g/mol. The highest BCUT2D eigenvalue weighted by atomic mass is 19.4. The van der Waals surface area contributed by atoms with Gasteiger partial charge in [-0.15, -0.1) is 0 Å². The first-order chi connectivity index (χ1) is 17.0. The number of alkyl halides is 3. The summed E-state index contributed by atoms with van der Waals surface area (Å²) in [6.45, 7) is 3.35. The van der Waals surface area contributed by atoms with Gasteiger partial charge in [-0.3, -0.25) is 0 Å². The molecule has 3 rings (SSSR count). The van der Waals surface area contributed by atoms with Crippen LogP contribution >= 0.6 is 0 Å². The second-order valence-corrected chi connectivity index (χ2v) is 9.09. The van der Waals surface area contributed by atoms with Crippen molar-refractivity contribution >= 4 is 0 Å². The third-order valence-electron chi connectivity index (χ3n) is 6.11. The van der Waals surface area contributed by atoms with E-state index >= 15 is 0 Å². The Labute approximate surface area is 206 Å². The number of nitrogens with zero attached hydrogens (tertiary/aromatic N) is 2. The van der Waals surface area contributed by atoms with E-state index in [1.807, 2.05) is 24.3 Å². The van der Waals surface area contributed by atoms with Crippen LogP contribution in [0.1, 0.15) is 87.3 Å². The van der Waals surface area contributed by atoms with Gasteiger partial charge in [-0.05, 0) is 29.7 Å². The Morgan fingerprint density at radius 3 is 1.86 bits per heavy atom. The van der Waals surface area contributed by atoms with Crippen LogP contribution in [-0.2, 0) is 25.7 Å². The van der Waals surface area contributed by atoms with Crippen molar-refractivity contribution in [1.29, 1.82) is 0 Å². The first-order valence-corrected chi connectivity index (χ1v) is 12.7. The minimum Gasteiger partial charge on any atom is -0.339 e. The molecule has 0 aliphatic rings. The molecule has 1 aromatic heterocycles. The van der Waals surface area contributed by atoms with Crippen molar-refractivity contribution in [2.45, 2.75) is 90.4 Å². The molecular formula is C28H36F3N3O. The van der Waals surface area contributed by atoms with Crippen molar-refractivity contribution in [3.05, 3.63) is 71.1 Å². The van der Waals surface area contributed by atoms with E-state index in [0.717, 1.165) is 41.7 Å². The lowest BCUT2D eigenvalue weighted by Crippen LogP contribution is -2.13. The highest BCUT2D eigenvalue weighted by Crippen LogP contribution is 2.29. The third kappa shape index (κ3) is 9.48. The zero-order valence-corrected chi connectivity index (χ0v) is 20.5. The summed E-state index contributed by atoms with van der Waals surface area (Å²) in [4.78, 5) is 4.53. The zero-order valence-electron chi connectivity index (χ0n) is 20.5. The number of hydrogen-bond acceptors (Lipinski definition) is 4. The maximum absolute atomic E-state index is 12.7. The third-order valence-corrected chi connectivity index (χ3v) is 6.11. The van der Waals surface area contributed by atoms with Crippen molar-refractivity contribution < 1.29 is 17.7 Å². The normalized spacial score (nSPS) is 11.8. The van der Waals surface area contributed by atoms with Gasteiger partial charge in [0.25, 0.3) is 0 Å². The predicted molar refractivity (Wildman–Crippen MR) is 133 cm³/mol. The van der Waals surface area contributed by atoms with Crippen LogP contribution in [0.25, 0.3) is 11.4 Å². The Kier molecular flexibility index (Phi) is 10.8. The minimum absolute atomic E-state index is 0.493. The molecule has 0 unspecified atom stereocenters. The number of halogens is 3. The van der Waals surface area contributed by atoms with Crippen molar-refractivity contribution in [1.82, 2.24) is 15.5 Å². The van der Waals surface area contributed by atoms with Crippen molar-refractivity contribution in [3.63, 3.8) is 0 Å². The molecule has 35 heavy (non-hydrogen) atoms. The predicted octanol–water partition coefficient (Wildman–Crippen LogP) is 8.12. The standard InChI is InChI=1S/C28H36F3N3O/c1-2-3-4-5-6-7-8-9-10-11-26-33-27(34-35-26)24-16-12-22(13-17-24)20-32-21-23-14-18-25(19-15-23)28(29,30)31/h12-19,32H,2-11,20-21H2,1H3. The average Bonchev–Trinajstić information content (AvgIpc) is 3.32. The first-order valence-electron chi connectivity index (χ1n) is 12.7. The molecule has 1 heterocycles. The van der Waals surface area contributed by atoms with Crippen LogP contribution in [0.2, 0.25) is 0 Å². The molecule has 0 saturated heterocycles. The molecule has 0 aliphatic carbocycles. The average molecular weight is 488 g/mol. The van der Waals surface area contributed by atoms with Gasteiger partial charge in [-0.25, -0.2) is 0 Å². The summed E-state index contributed by atoms with van der Waals surface area (Å²) in [7, 11) is 0. The fourth-order valence-electron chi connectivity index (χ4n) is 3.99. The number of nitrogens with one attached hydrogen (secondary N) is 1. The van der Waals surface area contributed by atoms with E-state index < -0.39 is 11.7 Å². The number of aryl methyl sites for hydroxylation is 1. The molecule has 0 saturated carbocycles. The minimum atomic E-state index is -4.31. The molecule has 0 atom stereocenters. The maximum Gasteiger partial charge on any atom is 0.416 e. The van der Waals surface area contributed by atoms with E-state index in [9.17, 15) is 13.2 Å². The van der Waals surface area contributed by atoms with Crippen LogP contribution in [-0.4, -0.2) is 10.1 Å². The van der Waals surface area contributed by atoms with Crippen LogP contribution in [0.3, 0.4) is 0 Å². The molecule has 1 N–H and O–H groups in total. The largest absolute Gasteiger partial charge is 0.416 e. The number of rotatable bonds is 15. The molecule has 3 aromatic rings. The van der Waals surface area contributed by atoms with Gasteiger partial charge in [-0.2, -0.15) is 18.2 Å². The van der Waals surface area contributed by atoms with Gasteiger partial charge in [-0.1, -0.05) is 99.8 Å². The Balaban J connectivity index is 1.35. The fourth-order valence-corrected chi connectivity index (χ4v) is 3.99. The summed E-state index contributed by atoms with van der Waals surface area (Å²) < 4.78 is 43.4. The van der Waals surface area contributed by atoms with Gasteiger partial charge in [0.05, 0.1) is 5.56 Å². The van der Waals surface area contributed by atoms with E-state index in [4.69, 9.17) is 4.52 Å². The second kappa shape index (κ2) is 14.0. The fraction of sp³-hybridized carbons (Fsp3) is 0.500. The molecule has 190 valence electrons. The van der Waals surface area contributed by atoms with Crippen molar-refractivity contribution in [3.8, 4) is 11.4 Å². The second-order valence-electron chi connectivity index (χ2n) is 9.09. The Hall–Kier alpha value is -2.67. The van der Waals surface area contributed by atoms with Gasteiger partial charge in [0, 0.05) is 25.1 Å². The van der Waals surface area contributed by atoms with Crippen molar-refractivity contribution in [2.24, 2.45) is 0 Å². The molecule has 0 amide bonds. The number of aromatic nitrogens is 2. The first kappa shape index (κ1) is 26.9. The smallest absolute Gasteiger partial charge is 0.339 e. The molecule has 7 heteroatoms. The van der Waals surface area contributed by atoms with E-state index in [-0.39, 0.29) is 0 Å². The Morgan fingerprint density at radius 2 is 1.29 bits per heavy atom. The van der Waals surface area contributed by atoms with Gasteiger partial charge in [0.2, 0.25) is 11.7 Å². The van der Waals surface area contributed by atoms with Crippen LogP contribution in [0, 0.1) is 0 Å². The van der Waals surface area contributed by atoms with E-state index in [0.29, 0.717) is 24.8 Å².